The van der Waals surface area contributed by atoms with Crippen LogP contribution in [0.3, 0.4) is 0 Å². The number of carbonyl (C=O) groups is 1. The van der Waals surface area contributed by atoms with Gasteiger partial charge in [0.2, 0.25) is 5.91 Å². The molecule has 0 bridgehead atoms. The van der Waals surface area contributed by atoms with E-state index in [2.05, 4.69) is 4.90 Å². The molecule has 0 aromatic heterocycles. The molecular formula is C16H30N2O3. The van der Waals surface area contributed by atoms with Gasteiger partial charge in [-0.05, 0) is 12.8 Å². The molecule has 1 aliphatic heterocycles. The standard InChI is InChI=1S/C16H30N2O3/c1-17(16(20)14-6-4-2-3-5-7-14)12-15(19)13-18-8-10-21-11-9-18/h14-15,19H,2-13H2,1H3. The highest BCUT2D eigenvalue weighted by Gasteiger charge is 2.25. The summed E-state index contributed by atoms with van der Waals surface area (Å²) in [5.41, 5.74) is 0. The Labute approximate surface area is 128 Å². The zero-order valence-corrected chi connectivity index (χ0v) is 13.3. The zero-order chi connectivity index (χ0) is 15.1. The van der Waals surface area contributed by atoms with Crippen molar-refractivity contribution in [3.8, 4) is 0 Å². The topological polar surface area (TPSA) is 53.0 Å². The molecule has 1 N–H and O–H groups in total. The fourth-order valence-corrected chi connectivity index (χ4v) is 3.38. The van der Waals surface area contributed by atoms with Crippen LogP contribution in [-0.4, -0.2) is 73.4 Å². The smallest absolute Gasteiger partial charge is 0.225 e. The number of amides is 1. The van der Waals surface area contributed by atoms with Crippen LogP contribution in [0.1, 0.15) is 38.5 Å². The minimum atomic E-state index is -0.470. The van der Waals surface area contributed by atoms with Crippen LogP contribution in [0.2, 0.25) is 0 Å². The normalized spacial score (nSPS) is 23.5. The number of morpholine rings is 1. The Balaban J connectivity index is 1.73. The van der Waals surface area contributed by atoms with E-state index in [0.29, 0.717) is 13.1 Å². The molecule has 1 atom stereocenters. The zero-order valence-electron chi connectivity index (χ0n) is 13.3. The fourth-order valence-electron chi connectivity index (χ4n) is 3.38. The molecule has 0 radical (unpaired) electrons. The number of carbonyl (C=O) groups excluding carboxylic acids is 1. The third-order valence-corrected chi connectivity index (χ3v) is 4.64. The average molecular weight is 298 g/mol. The molecule has 1 unspecified atom stereocenters. The molecule has 2 rings (SSSR count). The van der Waals surface area contributed by atoms with E-state index in [1.807, 2.05) is 7.05 Å². The monoisotopic (exact) mass is 298 g/mol. The first-order valence-electron chi connectivity index (χ1n) is 8.40. The van der Waals surface area contributed by atoms with Crippen LogP contribution in [0.15, 0.2) is 0 Å². The van der Waals surface area contributed by atoms with Gasteiger partial charge in [-0.1, -0.05) is 25.7 Å². The Morgan fingerprint density at radius 1 is 1.24 bits per heavy atom. The SMILES string of the molecule is CN(CC(O)CN1CCOCC1)C(=O)C1CCCCCC1. The van der Waals surface area contributed by atoms with Gasteiger partial charge in [0.05, 0.1) is 19.3 Å². The molecule has 5 heteroatoms. The summed E-state index contributed by atoms with van der Waals surface area (Å²) < 4.78 is 5.30. The van der Waals surface area contributed by atoms with Gasteiger partial charge in [-0.2, -0.15) is 0 Å². The summed E-state index contributed by atoms with van der Waals surface area (Å²) in [6.45, 7) is 4.29. The maximum atomic E-state index is 12.5. The van der Waals surface area contributed by atoms with E-state index < -0.39 is 6.10 Å². The van der Waals surface area contributed by atoms with Crippen molar-refractivity contribution in [2.24, 2.45) is 5.92 Å². The second-order valence-corrected chi connectivity index (χ2v) is 6.47. The van der Waals surface area contributed by atoms with Gasteiger partial charge in [0.25, 0.3) is 0 Å². The highest BCUT2D eigenvalue weighted by Crippen LogP contribution is 2.24. The van der Waals surface area contributed by atoms with Crippen LogP contribution in [0.5, 0.6) is 0 Å². The van der Waals surface area contributed by atoms with E-state index in [1.54, 1.807) is 4.90 Å². The molecule has 122 valence electrons. The third-order valence-electron chi connectivity index (χ3n) is 4.64. The maximum absolute atomic E-state index is 12.5. The van der Waals surface area contributed by atoms with Gasteiger partial charge in [-0.3, -0.25) is 9.69 Å². The number of nitrogens with zero attached hydrogens (tertiary/aromatic N) is 2. The van der Waals surface area contributed by atoms with Crippen LogP contribution >= 0.6 is 0 Å². The van der Waals surface area contributed by atoms with E-state index in [9.17, 15) is 9.90 Å². The minimum Gasteiger partial charge on any atom is -0.390 e. The molecular weight excluding hydrogens is 268 g/mol. The van der Waals surface area contributed by atoms with Crippen LogP contribution in [0, 0.1) is 5.92 Å². The number of β-amino-alcohol motifs (C(OH)–C–C–N with tert-alkyl or cyclic N) is 1. The Morgan fingerprint density at radius 2 is 1.86 bits per heavy atom. The summed E-state index contributed by atoms with van der Waals surface area (Å²) in [4.78, 5) is 16.4. The third kappa shape index (κ3) is 5.57. The van der Waals surface area contributed by atoms with Crippen LogP contribution in [0.25, 0.3) is 0 Å². The summed E-state index contributed by atoms with van der Waals surface area (Å²) in [7, 11) is 1.83. The highest BCUT2D eigenvalue weighted by molar-refractivity contribution is 5.78. The maximum Gasteiger partial charge on any atom is 0.225 e. The lowest BCUT2D eigenvalue weighted by Crippen LogP contribution is -2.45. The van der Waals surface area contributed by atoms with Crippen molar-refractivity contribution in [2.45, 2.75) is 44.6 Å². The number of aliphatic hydroxyl groups is 1. The number of hydrogen-bond acceptors (Lipinski definition) is 4. The van der Waals surface area contributed by atoms with Gasteiger partial charge in [0, 0.05) is 39.1 Å². The van der Waals surface area contributed by atoms with Crippen LogP contribution < -0.4 is 0 Å². The van der Waals surface area contributed by atoms with Gasteiger partial charge in [0.1, 0.15) is 0 Å². The van der Waals surface area contributed by atoms with Gasteiger partial charge < -0.3 is 14.7 Å². The van der Waals surface area contributed by atoms with E-state index in [-0.39, 0.29) is 11.8 Å². The lowest BCUT2D eigenvalue weighted by molar-refractivity contribution is -0.136. The van der Waals surface area contributed by atoms with E-state index in [0.717, 1.165) is 39.1 Å². The Hall–Kier alpha value is -0.650. The average Bonchev–Trinajstić information content (AvgIpc) is 2.76. The van der Waals surface area contributed by atoms with Gasteiger partial charge >= 0.3 is 0 Å². The number of hydrogen-bond donors (Lipinski definition) is 1. The van der Waals surface area contributed by atoms with Crippen molar-refractivity contribution in [3.63, 3.8) is 0 Å². The highest BCUT2D eigenvalue weighted by atomic mass is 16.5. The second-order valence-electron chi connectivity index (χ2n) is 6.47. The number of likely N-dealkylation sites (N-methyl/N-ethyl adjacent to an activating group) is 1. The molecule has 2 aliphatic rings. The minimum absolute atomic E-state index is 0.174. The Morgan fingerprint density at radius 3 is 2.48 bits per heavy atom. The predicted octanol–water partition coefficient (Wildman–Crippen LogP) is 1.11. The Kier molecular flexibility index (Phi) is 6.93. The van der Waals surface area contributed by atoms with Crippen molar-refractivity contribution in [1.82, 2.24) is 9.80 Å². The quantitative estimate of drug-likeness (QED) is 0.773. The first-order chi connectivity index (χ1) is 10.2. The molecule has 21 heavy (non-hydrogen) atoms. The summed E-state index contributed by atoms with van der Waals surface area (Å²) in [6.07, 6.45) is 6.41. The van der Waals surface area contributed by atoms with Gasteiger partial charge in [0.15, 0.2) is 0 Å². The molecule has 1 saturated heterocycles. The number of aliphatic hydroxyl groups excluding tert-OH is 1. The molecule has 0 aromatic carbocycles. The van der Waals surface area contributed by atoms with Crippen molar-refractivity contribution in [3.05, 3.63) is 0 Å². The van der Waals surface area contributed by atoms with E-state index >= 15 is 0 Å². The van der Waals surface area contributed by atoms with Crippen LogP contribution in [0.4, 0.5) is 0 Å². The summed E-state index contributed by atoms with van der Waals surface area (Å²) >= 11 is 0. The number of rotatable bonds is 5. The lowest BCUT2D eigenvalue weighted by atomic mass is 9.99. The molecule has 5 nitrogen and oxygen atoms in total. The van der Waals surface area contributed by atoms with E-state index in [1.165, 1.54) is 25.7 Å². The second kappa shape index (κ2) is 8.71. The summed E-state index contributed by atoms with van der Waals surface area (Å²) in [5.74, 6) is 0.394. The number of ether oxygens (including phenoxy) is 1. The largest absolute Gasteiger partial charge is 0.390 e. The van der Waals surface area contributed by atoms with Gasteiger partial charge in [-0.25, -0.2) is 0 Å². The van der Waals surface area contributed by atoms with Crippen molar-refractivity contribution in [2.75, 3.05) is 46.4 Å². The molecule has 1 aliphatic carbocycles. The Bertz CT molecular complexity index is 311. The fraction of sp³-hybridized carbons (Fsp3) is 0.938. The summed E-state index contributed by atoms with van der Waals surface area (Å²) in [6, 6.07) is 0. The lowest BCUT2D eigenvalue weighted by Gasteiger charge is -2.31. The van der Waals surface area contributed by atoms with Gasteiger partial charge in [-0.15, -0.1) is 0 Å². The van der Waals surface area contributed by atoms with Crippen molar-refractivity contribution in [1.29, 1.82) is 0 Å². The predicted molar refractivity (Wildman–Crippen MR) is 82.1 cm³/mol. The molecule has 1 amide bonds. The first-order valence-corrected chi connectivity index (χ1v) is 8.40. The van der Waals surface area contributed by atoms with Crippen molar-refractivity contribution < 1.29 is 14.6 Å². The first kappa shape index (κ1) is 16.7. The molecule has 0 aromatic rings. The molecule has 0 spiro atoms. The van der Waals surface area contributed by atoms with E-state index in [4.69, 9.17) is 4.74 Å². The molecule has 1 heterocycles. The molecule has 2 fully saturated rings. The molecule has 1 saturated carbocycles. The van der Waals surface area contributed by atoms with Crippen LogP contribution in [-0.2, 0) is 9.53 Å². The summed E-state index contributed by atoms with van der Waals surface area (Å²) in [5, 5.41) is 10.2. The van der Waals surface area contributed by atoms with Crippen molar-refractivity contribution >= 4 is 5.91 Å².